The van der Waals surface area contributed by atoms with Crippen LogP contribution >= 0.6 is 11.3 Å². The normalized spacial score (nSPS) is 15.2. The minimum atomic E-state index is -0.434. The average Bonchev–Trinajstić information content (AvgIpc) is 1.36. The van der Waals surface area contributed by atoms with E-state index in [9.17, 15) is 0 Å². The molecule has 0 spiro atoms. The standard InChI is InChI=1S/C126H130B2N6OS/c1-76-57-89(122(14,15)16)58-77(2)115(76)133-103-63-83-73-124(20,21)71-81(83)61-100(103)127-111-98-65-87(121(11,12)13)49-55-109(98)135-117(111)131(94-51-45-85(46-52-94)119(5,6)7)105-69-97(70-108(133)113(105)127)130(93-42-33-28-34-43-93)102-44-36-35-37-80(102)75-126(24,25)88-50-56-110-99(66-88)112-118(136-110)132(95-53-47-86(48-54-95)120(8,9)10)106-67-96(129(91-38-29-26-30-39-91)92-40-31-27-32-41-92)68-107-114(106)128(112)101-62-82-72-125(22,23)74-84(82)64-104(101)134(107)116-78(3)59-90(60-79(116)4)123(17,18)19/h26-70H,71-75H2,1-25H3. The Balaban J connectivity index is 0.766. The fourth-order valence-corrected chi connectivity index (χ4v) is 25.3. The van der Waals surface area contributed by atoms with E-state index in [1.807, 2.05) is 11.3 Å². The summed E-state index contributed by atoms with van der Waals surface area (Å²) >= 11 is 1.96. The summed E-state index contributed by atoms with van der Waals surface area (Å²) in [6.07, 6.45) is 4.79. The SMILES string of the molecule is Cc1cc(C(C)(C)C)cc(C)c1N1c2cc3c(cc2B2c4c(cc(N(c5ccccc5)c5ccccc5CC(C)(C)c5ccc6sc7c(c6c5)B5c6cc8c(cc6N(c6c(C)cc(C(C)(C)C)cc6C)c6cc(N(c9ccccc9)c9ccccc9)cc(c65)N7c5ccc(C(C)(C)C)cc5)CC(C)(C)C8)cc41)N(c1ccc(C(C)(C)C)cc1)c1oc4ccc(C(C)(C)C)cc4c12)CC(C)(C)C3. The largest absolute Gasteiger partial charge is 0.440 e. The van der Waals surface area contributed by atoms with Crippen LogP contribution in [-0.4, -0.2) is 13.4 Å². The predicted octanol–water partition coefficient (Wildman–Crippen LogP) is 31.2. The number of nitrogens with zero attached hydrogens (tertiary/aromatic N) is 6. The minimum Gasteiger partial charge on any atom is -0.440 e. The van der Waals surface area contributed by atoms with Crippen LogP contribution in [0.15, 0.2) is 277 Å². The molecule has 4 aliphatic heterocycles. The molecular weight excluding hydrogens is 1670 g/mol. The Morgan fingerprint density at radius 2 is 0.699 bits per heavy atom. The van der Waals surface area contributed by atoms with Crippen LogP contribution in [0.3, 0.4) is 0 Å². The molecule has 16 aromatic rings. The molecule has 7 nitrogen and oxygen atoms in total. The number of hydrogen-bond donors (Lipinski definition) is 0. The summed E-state index contributed by atoms with van der Waals surface area (Å²) in [6, 6.07) is 107. The predicted molar refractivity (Wildman–Crippen MR) is 587 cm³/mol. The zero-order valence-electron chi connectivity index (χ0n) is 84.7. The minimum absolute atomic E-state index is 0.0587. The van der Waals surface area contributed by atoms with Gasteiger partial charge in [0.1, 0.15) is 5.58 Å². The topological polar surface area (TPSA) is 32.6 Å². The number of aryl methyl sites for hydroxylation is 4. The Hall–Kier alpha value is -12.5. The molecule has 0 N–H and O–H groups in total. The van der Waals surface area contributed by atoms with Crippen molar-refractivity contribution in [3.63, 3.8) is 0 Å². The first-order valence-corrected chi connectivity index (χ1v) is 50.5. The number of hydrogen-bond acceptors (Lipinski definition) is 8. The third-order valence-corrected chi connectivity index (χ3v) is 32.0. The maximum atomic E-state index is 7.74. The van der Waals surface area contributed by atoms with Crippen LogP contribution in [0.2, 0.25) is 0 Å². The van der Waals surface area contributed by atoms with E-state index in [0.29, 0.717) is 0 Å². The highest BCUT2D eigenvalue weighted by molar-refractivity contribution is 7.26. The fourth-order valence-electron chi connectivity index (χ4n) is 24.0. The number of rotatable bonds is 13. The third-order valence-electron chi connectivity index (χ3n) is 30.9. The zero-order chi connectivity index (χ0) is 95.2. The Bertz CT molecular complexity index is 7480. The number of fused-ring (bicyclic) bond motifs is 14. The molecule has 0 fully saturated rings. The van der Waals surface area contributed by atoms with Gasteiger partial charge in [-0.3, -0.25) is 4.90 Å². The number of benzene rings is 14. The van der Waals surface area contributed by atoms with E-state index in [1.165, 1.54) is 177 Å². The van der Waals surface area contributed by atoms with E-state index >= 15 is 0 Å². The summed E-state index contributed by atoms with van der Waals surface area (Å²) < 4.78 is 9.01. The molecule has 0 radical (unpaired) electrons. The summed E-state index contributed by atoms with van der Waals surface area (Å²) in [5.41, 5.74) is 46.5. The maximum absolute atomic E-state index is 7.74. The first-order valence-electron chi connectivity index (χ1n) is 49.7. The van der Waals surface area contributed by atoms with Crippen molar-refractivity contribution < 1.29 is 4.42 Å². The molecule has 2 aliphatic carbocycles. The molecule has 10 heteroatoms. The lowest BCUT2D eigenvalue weighted by Gasteiger charge is -2.45. The quantitative estimate of drug-likeness (QED) is 0.106. The Kier molecular flexibility index (Phi) is 20.4. The van der Waals surface area contributed by atoms with Crippen LogP contribution in [0.1, 0.15) is 229 Å². The van der Waals surface area contributed by atoms with Crippen molar-refractivity contribution in [1.29, 1.82) is 0 Å². The number of thiophene rings is 1. The lowest BCUT2D eigenvalue weighted by molar-refractivity contribution is 0.392. The van der Waals surface area contributed by atoms with Crippen molar-refractivity contribution in [2.24, 2.45) is 10.8 Å². The number of para-hydroxylation sites is 4. The molecular formula is C126H130B2N6OS. The van der Waals surface area contributed by atoms with Gasteiger partial charge >= 0.3 is 0 Å². The molecule has 14 aromatic carbocycles. The fraction of sp³-hybridized carbons (Fsp3) is 0.302. The Labute approximate surface area is 813 Å². The van der Waals surface area contributed by atoms with E-state index in [1.54, 1.807) is 0 Å². The molecule has 0 saturated carbocycles. The molecule has 682 valence electrons. The molecule has 0 saturated heterocycles. The van der Waals surface area contributed by atoms with Gasteiger partial charge in [0.25, 0.3) is 13.4 Å². The Morgan fingerprint density at radius 3 is 1.15 bits per heavy atom. The van der Waals surface area contributed by atoms with Gasteiger partial charge in [-0.15, -0.1) is 11.3 Å². The second-order valence-corrected chi connectivity index (χ2v) is 49.1. The van der Waals surface area contributed by atoms with Crippen molar-refractivity contribution in [3.05, 3.63) is 356 Å². The van der Waals surface area contributed by atoms with E-state index in [4.69, 9.17) is 4.42 Å². The van der Waals surface area contributed by atoms with Crippen molar-refractivity contribution in [2.45, 2.75) is 238 Å². The molecule has 6 aliphatic rings. The van der Waals surface area contributed by atoms with Crippen LogP contribution in [0.4, 0.5) is 102 Å². The van der Waals surface area contributed by atoms with Crippen LogP contribution in [0.25, 0.3) is 21.1 Å². The average molecular weight is 1800 g/mol. The smallest absolute Gasteiger partial charge is 0.257 e. The molecule has 6 heterocycles. The summed E-state index contributed by atoms with van der Waals surface area (Å²) in [7, 11) is 0. The molecule has 22 rings (SSSR count). The van der Waals surface area contributed by atoms with Gasteiger partial charge < -0.3 is 28.9 Å². The highest BCUT2D eigenvalue weighted by Gasteiger charge is 2.52. The molecule has 0 bridgehead atoms. The first-order chi connectivity index (χ1) is 64.4. The molecule has 136 heavy (non-hydrogen) atoms. The van der Waals surface area contributed by atoms with E-state index in [0.717, 1.165) is 94.8 Å². The summed E-state index contributed by atoms with van der Waals surface area (Å²) in [6.45, 7) is 59.2. The third kappa shape index (κ3) is 14.8. The van der Waals surface area contributed by atoms with Gasteiger partial charge in [0.15, 0.2) is 0 Å². The van der Waals surface area contributed by atoms with Crippen molar-refractivity contribution in [3.8, 4) is 0 Å². The van der Waals surface area contributed by atoms with Gasteiger partial charge in [-0.05, 0) is 341 Å². The first kappa shape index (κ1) is 88.8. The molecule has 0 atom stereocenters. The van der Waals surface area contributed by atoms with Crippen molar-refractivity contribution >= 4 is 180 Å². The molecule has 0 unspecified atom stereocenters. The highest BCUT2D eigenvalue weighted by Crippen LogP contribution is 2.58. The van der Waals surface area contributed by atoms with Gasteiger partial charge in [-0.25, -0.2) is 0 Å². The van der Waals surface area contributed by atoms with Crippen molar-refractivity contribution in [2.75, 3.05) is 29.4 Å². The second kappa shape index (κ2) is 31.3. The van der Waals surface area contributed by atoms with E-state index < -0.39 is 5.41 Å². The van der Waals surface area contributed by atoms with Gasteiger partial charge in [-0.1, -0.05) is 297 Å². The van der Waals surface area contributed by atoms with Crippen LogP contribution in [0, 0.1) is 38.5 Å². The lowest BCUT2D eigenvalue weighted by Crippen LogP contribution is -2.61. The molecule has 2 aromatic heterocycles. The highest BCUT2D eigenvalue weighted by atomic mass is 32.1. The van der Waals surface area contributed by atoms with Crippen LogP contribution in [0.5, 0.6) is 0 Å². The maximum Gasteiger partial charge on any atom is 0.257 e. The van der Waals surface area contributed by atoms with Gasteiger partial charge in [0, 0.05) is 83.8 Å². The van der Waals surface area contributed by atoms with Gasteiger partial charge in [0.05, 0.1) is 27.8 Å². The number of furan rings is 1. The zero-order valence-corrected chi connectivity index (χ0v) is 85.5. The van der Waals surface area contributed by atoms with E-state index in [-0.39, 0.29) is 51.3 Å². The van der Waals surface area contributed by atoms with Gasteiger partial charge in [-0.2, -0.15) is 0 Å². The van der Waals surface area contributed by atoms with Crippen LogP contribution < -0.4 is 62.2 Å². The lowest BCUT2D eigenvalue weighted by atomic mass is 9.33. The number of anilines is 18. The van der Waals surface area contributed by atoms with E-state index in [2.05, 4.69) is 475 Å². The Morgan fingerprint density at radius 1 is 0.324 bits per heavy atom. The van der Waals surface area contributed by atoms with Gasteiger partial charge in [0.2, 0.25) is 5.88 Å². The summed E-state index contributed by atoms with van der Waals surface area (Å²) in [5, 5.41) is 3.74. The molecule has 0 amide bonds. The summed E-state index contributed by atoms with van der Waals surface area (Å²) in [5.74, 6) is 0.870. The van der Waals surface area contributed by atoms with Crippen LogP contribution in [-0.2, 0) is 64.6 Å². The van der Waals surface area contributed by atoms with Crippen molar-refractivity contribution in [1.82, 2.24) is 0 Å². The summed E-state index contributed by atoms with van der Waals surface area (Å²) in [4.78, 5) is 15.8. The second-order valence-electron chi connectivity index (χ2n) is 48.1. The monoisotopic (exact) mass is 1800 g/mol.